The van der Waals surface area contributed by atoms with E-state index in [1.165, 1.54) is 22.8 Å². The summed E-state index contributed by atoms with van der Waals surface area (Å²) in [5, 5.41) is 0.612. The van der Waals surface area contributed by atoms with Crippen molar-refractivity contribution >= 4 is 11.6 Å². The SMILES string of the molecule is O=c1ccc(-c2ccc(F)cc2)cn1-c1ccc(Cl)cc1. The summed E-state index contributed by atoms with van der Waals surface area (Å²) in [6, 6.07) is 16.4. The molecule has 0 N–H and O–H groups in total. The Morgan fingerprint density at radius 2 is 1.43 bits per heavy atom. The van der Waals surface area contributed by atoms with E-state index in [9.17, 15) is 9.18 Å². The van der Waals surface area contributed by atoms with Gasteiger partial charge >= 0.3 is 0 Å². The van der Waals surface area contributed by atoms with Gasteiger partial charge in [0.25, 0.3) is 5.56 Å². The summed E-state index contributed by atoms with van der Waals surface area (Å²) in [7, 11) is 0. The molecule has 0 aliphatic rings. The first-order valence-corrected chi connectivity index (χ1v) is 6.76. The van der Waals surface area contributed by atoms with Crippen LogP contribution in [0.2, 0.25) is 5.02 Å². The maximum Gasteiger partial charge on any atom is 0.255 e. The van der Waals surface area contributed by atoms with Crippen LogP contribution in [0.5, 0.6) is 0 Å². The van der Waals surface area contributed by atoms with Gasteiger partial charge in [0.05, 0.1) is 0 Å². The van der Waals surface area contributed by atoms with Gasteiger partial charge in [0.15, 0.2) is 0 Å². The predicted molar refractivity (Wildman–Crippen MR) is 82.4 cm³/mol. The second kappa shape index (κ2) is 5.54. The lowest BCUT2D eigenvalue weighted by molar-refractivity contribution is 0.628. The fraction of sp³-hybridized carbons (Fsp3) is 0. The minimum absolute atomic E-state index is 0.136. The summed E-state index contributed by atoms with van der Waals surface area (Å²) in [5.41, 5.74) is 2.28. The number of hydrogen-bond donors (Lipinski definition) is 0. The van der Waals surface area contributed by atoms with E-state index in [2.05, 4.69) is 0 Å². The molecule has 0 saturated heterocycles. The van der Waals surface area contributed by atoms with E-state index >= 15 is 0 Å². The molecule has 104 valence electrons. The van der Waals surface area contributed by atoms with E-state index in [1.807, 2.05) is 0 Å². The number of nitrogens with zero attached hydrogens (tertiary/aromatic N) is 1. The minimum atomic E-state index is -0.287. The highest BCUT2D eigenvalue weighted by atomic mass is 35.5. The Kier molecular flexibility index (Phi) is 3.59. The van der Waals surface area contributed by atoms with E-state index < -0.39 is 0 Å². The van der Waals surface area contributed by atoms with E-state index in [4.69, 9.17) is 11.6 Å². The van der Waals surface area contributed by atoms with Gasteiger partial charge in [0.2, 0.25) is 0 Å². The van der Waals surface area contributed by atoms with Gasteiger partial charge < -0.3 is 0 Å². The first-order valence-electron chi connectivity index (χ1n) is 6.38. The third-order valence-electron chi connectivity index (χ3n) is 3.19. The topological polar surface area (TPSA) is 22.0 Å². The van der Waals surface area contributed by atoms with Crippen LogP contribution >= 0.6 is 11.6 Å². The van der Waals surface area contributed by atoms with Crippen LogP contribution in [0.25, 0.3) is 16.8 Å². The molecule has 0 fully saturated rings. The van der Waals surface area contributed by atoms with E-state index in [-0.39, 0.29) is 11.4 Å². The van der Waals surface area contributed by atoms with Gasteiger partial charge in [-0.3, -0.25) is 9.36 Å². The van der Waals surface area contributed by atoms with Crippen LogP contribution in [-0.2, 0) is 0 Å². The average molecular weight is 300 g/mol. The zero-order valence-electron chi connectivity index (χ0n) is 11.0. The standard InChI is InChI=1S/C17H11ClFNO/c18-14-4-8-16(9-5-14)20-11-13(3-10-17(20)21)12-1-6-15(19)7-2-12/h1-11H. The Hall–Kier alpha value is -2.39. The number of hydrogen-bond acceptors (Lipinski definition) is 1. The molecule has 0 radical (unpaired) electrons. The molecule has 0 bridgehead atoms. The summed E-state index contributed by atoms with van der Waals surface area (Å²) < 4.78 is 14.5. The molecule has 4 heteroatoms. The minimum Gasteiger partial charge on any atom is -0.284 e. The van der Waals surface area contributed by atoms with Gasteiger partial charge in [-0.2, -0.15) is 0 Å². The lowest BCUT2D eigenvalue weighted by Crippen LogP contribution is -2.16. The van der Waals surface area contributed by atoms with Crippen molar-refractivity contribution in [2.75, 3.05) is 0 Å². The molecule has 3 aromatic rings. The van der Waals surface area contributed by atoms with Crippen molar-refractivity contribution in [3.8, 4) is 16.8 Å². The summed E-state index contributed by atoms with van der Waals surface area (Å²) in [6.45, 7) is 0. The first-order chi connectivity index (χ1) is 10.1. The zero-order chi connectivity index (χ0) is 14.8. The molecule has 3 rings (SSSR count). The molecule has 0 unspecified atom stereocenters. The van der Waals surface area contributed by atoms with Crippen molar-refractivity contribution in [3.63, 3.8) is 0 Å². The first kappa shape index (κ1) is 13.6. The zero-order valence-corrected chi connectivity index (χ0v) is 11.7. The van der Waals surface area contributed by atoms with Crippen molar-refractivity contribution in [1.82, 2.24) is 4.57 Å². The van der Waals surface area contributed by atoms with Crippen molar-refractivity contribution in [2.45, 2.75) is 0 Å². The van der Waals surface area contributed by atoms with E-state index in [0.29, 0.717) is 5.02 Å². The number of benzene rings is 2. The van der Waals surface area contributed by atoms with Crippen molar-refractivity contribution in [2.24, 2.45) is 0 Å². The summed E-state index contributed by atoms with van der Waals surface area (Å²) in [6.07, 6.45) is 1.73. The van der Waals surface area contributed by atoms with Gasteiger partial charge in [-0.1, -0.05) is 23.7 Å². The second-order valence-electron chi connectivity index (χ2n) is 4.61. The van der Waals surface area contributed by atoms with Crippen LogP contribution in [0, 0.1) is 5.82 Å². The molecule has 2 aromatic carbocycles. The molecular weight excluding hydrogens is 289 g/mol. The molecule has 1 heterocycles. The highest BCUT2D eigenvalue weighted by Crippen LogP contribution is 2.20. The number of pyridine rings is 1. The Morgan fingerprint density at radius 3 is 2.10 bits per heavy atom. The highest BCUT2D eigenvalue weighted by Gasteiger charge is 2.04. The molecule has 2 nitrogen and oxygen atoms in total. The Morgan fingerprint density at radius 1 is 0.810 bits per heavy atom. The molecule has 0 saturated carbocycles. The Balaban J connectivity index is 2.10. The van der Waals surface area contributed by atoms with Gasteiger partial charge in [-0.15, -0.1) is 0 Å². The third-order valence-corrected chi connectivity index (χ3v) is 3.45. The summed E-state index contributed by atoms with van der Waals surface area (Å²) in [4.78, 5) is 12.0. The maximum absolute atomic E-state index is 13.0. The lowest BCUT2D eigenvalue weighted by Gasteiger charge is -2.08. The van der Waals surface area contributed by atoms with Crippen LogP contribution in [0.3, 0.4) is 0 Å². The maximum atomic E-state index is 13.0. The van der Waals surface area contributed by atoms with Crippen LogP contribution in [0.15, 0.2) is 71.7 Å². The predicted octanol–water partition coefficient (Wildman–Crippen LogP) is 4.30. The van der Waals surface area contributed by atoms with Crippen LogP contribution < -0.4 is 5.56 Å². The van der Waals surface area contributed by atoms with Crippen molar-refractivity contribution in [3.05, 3.63) is 88.1 Å². The molecule has 21 heavy (non-hydrogen) atoms. The molecule has 0 spiro atoms. The van der Waals surface area contributed by atoms with Crippen molar-refractivity contribution < 1.29 is 4.39 Å². The summed E-state index contributed by atoms with van der Waals surface area (Å²) >= 11 is 5.86. The quantitative estimate of drug-likeness (QED) is 0.691. The van der Waals surface area contributed by atoms with Crippen molar-refractivity contribution in [1.29, 1.82) is 0 Å². The molecule has 1 aromatic heterocycles. The second-order valence-corrected chi connectivity index (χ2v) is 5.05. The normalized spacial score (nSPS) is 10.6. The average Bonchev–Trinajstić information content (AvgIpc) is 2.50. The van der Waals surface area contributed by atoms with Crippen LogP contribution in [-0.4, -0.2) is 4.57 Å². The monoisotopic (exact) mass is 299 g/mol. The summed E-state index contributed by atoms with van der Waals surface area (Å²) in [5.74, 6) is -0.287. The molecule has 0 aliphatic heterocycles. The van der Waals surface area contributed by atoms with Crippen LogP contribution in [0.4, 0.5) is 4.39 Å². The van der Waals surface area contributed by atoms with Gasteiger partial charge in [-0.25, -0.2) is 4.39 Å². The van der Waals surface area contributed by atoms with E-state index in [1.54, 1.807) is 48.7 Å². The third kappa shape index (κ3) is 2.88. The highest BCUT2D eigenvalue weighted by molar-refractivity contribution is 6.30. The number of halogens is 2. The fourth-order valence-electron chi connectivity index (χ4n) is 2.10. The smallest absolute Gasteiger partial charge is 0.255 e. The van der Waals surface area contributed by atoms with Gasteiger partial charge in [-0.05, 0) is 53.6 Å². The van der Waals surface area contributed by atoms with Gasteiger partial charge in [0.1, 0.15) is 5.82 Å². The van der Waals surface area contributed by atoms with E-state index in [0.717, 1.165) is 16.8 Å². The molecule has 0 aliphatic carbocycles. The fourth-order valence-corrected chi connectivity index (χ4v) is 2.23. The van der Waals surface area contributed by atoms with Gasteiger partial charge in [0, 0.05) is 23.0 Å². The Bertz CT molecular complexity index is 823. The molecule has 0 amide bonds. The molecule has 0 atom stereocenters. The lowest BCUT2D eigenvalue weighted by atomic mass is 10.1. The molecular formula is C17H11ClFNO. The Labute approximate surface area is 126 Å². The number of rotatable bonds is 2. The number of aromatic nitrogens is 1. The largest absolute Gasteiger partial charge is 0.284 e. The van der Waals surface area contributed by atoms with Crippen LogP contribution in [0.1, 0.15) is 0 Å².